The van der Waals surface area contributed by atoms with Gasteiger partial charge < -0.3 is 19.4 Å². The molecule has 0 radical (unpaired) electrons. The summed E-state index contributed by atoms with van der Waals surface area (Å²) in [5.41, 5.74) is 5.26. The van der Waals surface area contributed by atoms with Crippen molar-refractivity contribution < 1.29 is 18.8 Å². The molecule has 1 aromatic heterocycles. The smallest absolute Gasteiger partial charge is 0.449 e. The number of hydrogen-bond acceptors (Lipinski definition) is 6. The van der Waals surface area contributed by atoms with Crippen molar-refractivity contribution in [2.75, 3.05) is 13.2 Å². The Hall–Kier alpha value is -3.49. The zero-order chi connectivity index (χ0) is 26.2. The van der Waals surface area contributed by atoms with Gasteiger partial charge in [-0.3, -0.25) is 0 Å². The van der Waals surface area contributed by atoms with Gasteiger partial charge in [0, 0.05) is 30.4 Å². The number of nitrogens with one attached hydrogen (secondary N) is 1. The van der Waals surface area contributed by atoms with E-state index in [1.54, 1.807) is 12.4 Å². The van der Waals surface area contributed by atoms with Crippen LogP contribution < -0.4 is 5.32 Å². The van der Waals surface area contributed by atoms with E-state index in [4.69, 9.17) is 14.0 Å². The number of aromatic nitrogens is 2. The first-order chi connectivity index (χ1) is 17.6. The van der Waals surface area contributed by atoms with Crippen LogP contribution in [0.25, 0.3) is 17.2 Å². The second-order valence-electron chi connectivity index (χ2n) is 10.6. The van der Waals surface area contributed by atoms with E-state index in [9.17, 15) is 4.79 Å². The summed E-state index contributed by atoms with van der Waals surface area (Å²) in [5.74, 6) is 0.687. The summed E-state index contributed by atoms with van der Waals surface area (Å²) in [4.78, 5) is 21.4. The molecule has 7 nitrogen and oxygen atoms in total. The number of carbonyl (C=O) groups excluding carboxylic acids is 1. The molecular weight excluding hydrogens is 465 g/mol. The molecule has 37 heavy (non-hydrogen) atoms. The molecule has 2 aromatic carbocycles. The maximum Gasteiger partial charge on any atom is 0.492 e. The predicted octanol–water partition coefficient (Wildman–Crippen LogP) is 5.34. The highest BCUT2D eigenvalue weighted by molar-refractivity contribution is 6.56. The Labute approximate surface area is 218 Å². The largest absolute Gasteiger partial charge is 0.492 e. The summed E-state index contributed by atoms with van der Waals surface area (Å²) in [7, 11) is -0.625. The van der Waals surface area contributed by atoms with Crippen molar-refractivity contribution in [2.45, 2.75) is 51.7 Å². The van der Waals surface area contributed by atoms with E-state index in [1.807, 2.05) is 65.0 Å². The lowest BCUT2D eigenvalue weighted by Crippen LogP contribution is -2.41. The Morgan fingerprint density at radius 2 is 1.51 bits per heavy atom. The molecule has 2 heterocycles. The number of hydrogen-bond donors (Lipinski definition) is 1. The van der Waals surface area contributed by atoms with Crippen molar-refractivity contribution in [2.24, 2.45) is 0 Å². The summed E-state index contributed by atoms with van der Waals surface area (Å²) in [6.45, 7) is 10.3. The van der Waals surface area contributed by atoms with Crippen LogP contribution in [0.5, 0.6) is 0 Å². The molecule has 0 spiro atoms. The lowest BCUT2D eigenvalue weighted by molar-refractivity contribution is 0.00578. The second kappa shape index (κ2) is 9.76. The average molecular weight is 497 g/mol. The monoisotopic (exact) mass is 497 g/mol. The lowest BCUT2D eigenvalue weighted by atomic mass is 9.77. The van der Waals surface area contributed by atoms with Gasteiger partial charge in [0.05, 0.1) is 11.2 Å². The first kappa shape index (κ1) is 25.2. The molecule has 8 heteroatoms. The molecule has 0 unspecified atom stereocenters. The van der Waals surface area contributed by atoms with E-state index in [0.717, 1.165) is 11.0 Å². The number of rotatable bonds is 6. The fourth-order valence-electron chi connectivity index (χ4n) is 4.71. The van der Waals surface area contributed by atoms with E-state index in [0.29, 0.717) is 5.82 Å². The number of amides is 1. The average Bonchev–Trinajstić information content (AvgIpc) is 3.30. The lowest BCUT2D eigenvalue weighted by Gasteiger charge is -2.32. The number of carbonyl (C=O) groups is 1. The normalized spacial score (nSPS) is 17.9. The Morgan fingerprint density at radius 1 is 0.973 bits per heavy atom. The van der Waals surface area contributed by atoms with Gasteiger partial charge in [-0.05, 0) is 62.3 Å². The predicted molar refractivity (Wildman–Crippen MR) is 144 cm³/mol. The SMILES string of the molecule is Cc1ncc(C=C(CNC(=O)OCC2c3ccccc3-c3ccccc32)B2OC(C)(C)C(C)(C)O2)cn1. The number of benzene rings is 2. The summed E-state index contributed by atoms with van der Waals surface area (Å²) in [5, 5.41) is 2.89. The third-order valence-corrected chi connectivity index (χ3v) is 7.49. The molecule has 2 aliphatic rings. The van der Waals surface area contributed by atoms with Gasteiger partial charge in [0.1, 0.15) is 12.4 Å². The maximum absolute atomic E-state index is 12.8. The fraction of sp³-hybridized carbons (Fsp3) is 0.345. The van der Waals surface area contributed by atoms with Gasteiger partial charge in [0.25, 0.3) is 0 Å². The molecule has 0 saturated carbocycles. The van der Waals surface area contributed by atoms with E-state index in [2.05, 4.69) is 39.6 Å². The van der Waals surface area contributed by atoms with Gasteiger partial charge in [-0.2, -0.15) is 0 Å². The molecule has 1 fully saturated rings. The Morgan fingerprint density at radius 3 is 2.08 bits per heavy atom. The van der Waals surface area contributed by atoms with Gasteiger partial charge in [0.15, 0.2) is 0 Å². The summed E-state index contributed by atoms with van der Waals surface area (Å²) >= 11 is 0. The Bertz CT molecular complexity index is 1280. The number of aryl methyl sites for hydroxylation is 1. The minimum atomic E-state index is -0.625. The van der Waals surface area contributed by atoms with Crippen molar-refractivity contribution >= 4 is 19.3 Å². The van der Waals surface area contributed by atoms with Crippen LogP contribution in [0.15, 0.2) is 66.4 Å². The van der Waals surface area contributed by atoms with Crippen molar-refractivity contribution in [1.82, 2.24) is 15.3 Å². The highest BCUT2D eigenvalue weighted by atomic mass is 16.7. The molecule has 1 saturated heterocycles. The third-order valence-electron chi connectivity index (χ3n) is 7.49. The van der Waals surface area contributed by atoms with Crippen LogP contribution in [0, 0.1) is 6.92 Å². The van der Waals surface area contributed by atoms with E-state index in [-0.39, 0.29) is 19.1 Å². The maximum atomic E-state index is 12.8. The zero-order valence-corrected chi connectivity index (χ0v) is 21.9. The minimum absolute atomic E-state index is 0.000895. The van der Waals surface area contributed by atoms with Crippen LogP contribution in [-0.4, -0.2) is 47.5 Å². The van der Waals surface area contributed by atoms with Crippen LogP contribution in [0.1, 0.15) is 56.1 Å². The molecule has 0 atom stereocenters. The van der Waals surface area contributed by atoms with Crippen LogP contribution in [0.2, 0.25) is 0 Å². The van der Waals surface area contributed by atoms with Gasteiger partial charge in [-0.1, -0.05) is 54.6 Å². The molecule has 1 N–H and O–H groups in total. The highest BCUT2D eigenvalue weighted by Gasteiger charge is 2.52. The van der Waals surface area contributed by atoms with Crippen molar-refractivity contribution in [3.63, 3.8) is 0 Å². The summed E-state index contributed by atoms with van der Waals surface area (Å²) < 4.78 is 18.2. The zero-order valence-electron chi connectivity index (χ0n) is 21.9. The topological polar surface area (TPSA) is 82.6 Å². The van der Waals surface area contributed by atoms with Crippen molar-refractivity contribution in [3.8, 4) is 11.1 Å². The standard InChI is InChI=1S/C29H32BN3O4/c1-19-31-15-20(16-32-19)14-21(30-36-28(2,3)29(4,5)37-30)17-33-27(34)35-18-26-24-12-8-6-10-22(24)23-11-7-9-13-25(23)26/h6-16,26H,17-18H2,1-5H3,(H,33,34). The van der Waals surface area contributed by atoms with Crippen LogP contribution in [-0.2, 0) is 14.0 Å². The van der Waals surface area contributed by atoms with Crippen molar-refractivity contribution in [3.05, 3.63) is 88.9 Å². The van der Waals surface area contributed by atoms with Gasteiger partial charge in [-0.15, -0.1) is 0 Å². The molecule has 190 valence electrons. The molecule has 5 rings (SSSR count). The van der Waals surface area contributed by atoms with E-state index in [1.165, 1.54) is 22.3 Å². The molecule has 1 amide bonds. The molecule has 1 aliphatic carbocycles. The first-order valence-electron chi connectivity index (χ1n) is 12.6. The molecule has 0 bridgehead atoms. The van der Waals surface area contributed by atoms with Crippen molar-refractivity contribution in [1.29, 1.82) is 0 Å². The minimum Gasteiger partial charge on any atom is -0.449 e. The molecular formula is C29H32BN3O4. The van der Waals surface area contributed by atoms with Gasteiger partial charge in [0.2, 0.25) is 0 Å². The quantitative estimate of drug-likeness (QED) is 0.463. The van der Waals surface area contributed by atoms with Gasteiger partial charge in [-0.25, -0.2) is 14.8 Å². The fourth-order valence-corrected chi connectivity index (χ4v) is 4.71. The number of ether oxygens (including phenoxy) is 1. The number of fused-ring (bicyclic) bond motifs is 3. The molecule has 1 aliphatic heterocycles. The van der Waals surface area contributed by atoms with Crippen LogP contribution in [0.4, 0.5) is 4.79 Å². The number of nitrogens with zero attached hydrogens (tertiary/aromatic N) is 2. The van der Waals surface area contributed by atoms with Gasteiger partial charge >= 0.3 is 13.2 Å². The van der Waals surface area contributed by atoms with E-state index < -0.39 is 24.4 Å². The second-order valence-corrected chi connectivity index (χ2v) is 10.6. The Balaban J connectivity index is 1.29. The van der Waals surface area contributed by atoms with Crippen LogP contribution in [0.3, 0.4) is 0 Å². The Kier molecular flexibility index (Phi) is 6.64. The summed E-state index contributed by atoms with van der Waals surface area (Å²) in [6.07, 6.45) is 4.87. The third kappa shape index (κ3) is 5.04. The highest BCUT2D eigenvalue weighted by Crippen LogP contribution is 2.44. The number of alkyl carbamates (subject to hydrolysis) is 1. The first-order valence-corrected chi connectivity index (χ1v) is 12.6. The van der Waals surface area contributed by atoms with Crippen LogP contribution >= 0.6 is 0 Å². The van der Waals surface area contributed by atoms with E-state index >= 15 is 0 Å². The summed E-state index contributed by atoms with van der Waals surface area (Å²) in [6, 6.07) is 16.5. The molecule has 3 aromatic rings.